The maximum atomic E-state index is 11.8. The molecule has 0 aromatic heterocycles. The van der Waals surface area contributed by atoms with Gasteiger partial charge in [-0.15, -0.1) is 0 Å². The van der Waals surface area contributed by atoms with Gasteiger partial charge in [0.1, 0.15) is 0 Å². The number of phenolic OH excluding ortho intramolecular Hbond substituents is 1. The first-order valence-electron chi connectivity index (χ1n) is 10.3. The van der Waals surface area contributed by atoms with Crippen LogP contribution in [-0.2, 0) is 11.8 Å². The van der Waals surface area contributed by atoms with Crippen LogP contribution in [0.25, 0.3) is 0 Å². The minimum absolute atomic E-state index is 0.0292. The second-order valence-corrected chi connectivity index (χ2v) is 8.90. The van der Waals surface area contributed by atoms with Crippen LogP contribution in [0.3, 0.4) is 0 Å². The van der Waals surface area contributed by atoms with Crippen molar-refractivity contribution in [1.82, 2.24) is 5.32 Å². The quantitative estimate of drug-likeness (QED) is 0.768. The maximum absolute atomic E-state index is 11.8. The topological polar surface area (TPSA) is 61.7 Å². The number of fused-ring (bicyclic) bond motifs is 2. The molecule has 1 aromatic rings. The van der Waals surface area contributed by atoms with Gasteiger partial charge in [-0.1, -0.05) is 31.7 Å². The molecule has 2 atom stereocenters. The van der Waals surface area contributed by atoms with E-state index in [-0.39, 0.29) is 11.8 Å². The molecule has 3 aliphatic rings. The summed E-state index contributed by atoms with van der Waals surface area (Å²) < 4.78 is 5.39. The van der Waals surface area contributed by atoms with Crippen molar-refractivity contribution < 1.29 is 14.9 Å². The van der Waals surface area contributed by atoms with Gasteiger partial charge in [0, 0.05) is 17.0 Å². The number of ether oxygens (including phenoxy) is 1. The molecule has 0 amide bonds. The third-order valence-electron chi connectivity index (χ3n) is 7.58. The Labute approximate surface area is 157 Å². The summed E-state index contributed by atoms with van der Waals surface area (Å²) in [5.74, 6) is 1.52. The zero-order valence-electron chi connectivity index (χ0n) is 16.2. The lowest BCUT2D eigenvalue weighted by molar-refractivity contribution is -0.0804. The molecule has 1 aromatic carbocycles. The van der Waals surface area contributed by atoms with Crippen LogP contribution < -0.4 is 10.1 Å². The van der Waals surface area contributed by atoms with E-state index in [1.54, 1.807) is 7.11 Å². The number of rotatable bonds is 4. The van der Waals surface area contributed by atoms with Gasteiger partial charge in [-0.25, -0.2) is 0 Å². The molecule has 2 fully saturated rings. The number of hydrogen-bond donors (Lipinski definition) is 3. The van der Waals surface area contributed by atoms with Gasteiger partial charge in [0.25, 0.3) is 0 Å². The Kier molecular flexibility index (Phi) is 4.68. The summed E-state index contributed by atoms with van der Waals surface area (Å²) in [6, 6.07) is 3.99. The second-order valence-electron chi connectivity index (χ2n) is 8.90. The van der Waals surface area contributed by atoms with Crippen LogP contribution >= 0.6 is 0 Å². The van der Waals surface area contributed by atoms with E-state index >= 15 is 0 Å². The Balaban J connectivity index is 1.75. The summed E-state index contributed by atoms with van der Waals surface area (Å²) in [4.78, 5) is 0. The molecule has 2 unspecified atom stereocenters. The number of phenols is 1. The summed E-state index contributed by atoms with van der Waals surface area (Å²) in [6.45, 7) is 2.99. The fourth-order valence-corrected chi connectivity index (χ4v) is 5.68. The van der Waals surface area contributed by atoms with E-state index in [1.165, 1.54) is 31.2 Å². The predicted octanol–water partition coefficient (Wildman–Crippen LogP) is 3.67. The van der Waals surface area contributed by atoms with Crippen molar-refractivity contribution in [3.05, 3.63) is 23.3 Å². The summed E-state index contributed by atoms with van der Waals surface area (Å²) in [7, 11) is 1.60. The van der Waals surface area contributed by atoms with Crippen LogP contribution in [0.1, 0.15) is 69.4 Å². The average Bonchev–Trinajstić information content (AvgIpc) is 2.59. The van der Waals surface area contributed by atoms with Gasteiger partial charge >= 0.3 is 0 Å². The zero-order valence-corrected chi connectivity index (χ0v) is 16.2. The normalized spacial score (nSPS) is 30.7. The molecule has 0 aliphatic heterocycles. The number of hydrogen-bond acceptors (Lipinski definition) is 4. The lowest BCUT2D eigenvalue weighted by Crippen LogP contribution is -2.66. The largest absolute Gasteiger partial charge is 0.504 e. The molecule has 4 heteroatoms. The zero-order chi connectivity index (χ0) is 18.4. The molecular weight excluding hydrogens is 326 g/mol. The molecule has 0 radical (unpaired) electrons. The number of benzene rings is 1. The van der Waals surface area contributed by atoms with Gasteiger partial charge in [0.2, 0.25) is 0 Å². The molecule has 0 heterocycles. The van der Waals surface area contributed by atoms with Crippen molar-refractivity contribution in [1.29, 1.82) is 0 Å². The number of aromatic hydroxyl groups is 1. The van der Waals surface area contributed by atoms with Gasteiger partial charge in [0.05, 0.1) is 12.7 Å². The smallest absolute Gasteiger partial charge is 0.161 e. The minimum Gasteiger partial charge on any atom is -0.504 e. The first-order chi connectivity index (χ1) is 12.5. The number of aliphatic hydroxyl groups is 1. The van der Waals surface area contributed by atoms with E-state index in [1.807, 2.05) is 13.0 Å². The lowest BCUT2D eigenvalue weighted by atomic mass is 9.53. The highest BCUT2D eigenvalue weighted by atomic mass is 16.5. The molecule has 0 bridgehead atoms. The SMILES string of the molecule is COc1ccc2c(c1O)C1(CCCCC1)C(C)(O)C(NCC1CCC1)C2. The van der Waals surface area contributed by atoms with E-state index < -0.39 is 11.0 Å². The van der Waals surface area contributed by atoms with Crippen molar-refractivity contribution in [2.45, 2.75) is 81.8 Å². The van der Waals surface area contributed by atoms with Crippen LogP contribution in [0.2, 0.25) is 0 Å². The molecule has 4 rings (SSSR count). The van der Waals surface area contributed by atoms with E-state index in [0.717, 1.165) is 50.1 Å². The van der Waals surface area contributed by atoms with Crippen molar-refractivity contribution in [3.8, 4) is 11.5 Å². The minimum atomic E-state index is -0.881. The van der Waals surface area contributed by atoms with Gasteiger partial charge in [-0.05, 0) is 63.1 Å². The number of nitrogens with one attached hydrogen (secondary N) is 1. The van der Waals surface area contributed by atoms with Crippen molar-refractivity contribution >= 4 is 0 Å². The average molecular weight is 360 g/mol. The van der Waals surface area contributed by atoms with Crippen LogP contribution in [0.4, 0.5) is 0 Å². The first kappa shape index (κ1) is 18.1. The molecule has 2 saturated carbocycles. The van der Waals surface area contributed by atoms with Gasteiger partial charge < -0.3 is 20.3 Å². The van der Waals surface area contributed by atoms with E-state index in [4.69, 9.17) is 4.74 Å². The van der Waals surface area contributed by atoms with E-state index in [9.17, 15) is 10.2 Å². The van der Waals surface area contributed by atoms with Gasteiger partial charge in [-0.3, -0.25) is 0 Å². The van der Waals surface area contributed by atoms with Crippen LogP contribution in [0.5, 0.6) is 11.5 Å². The Morgan fingerprint density at radius 3 is 2.50 bits per heavy atom. The summed E-state index contributed by atoms with van der Waals surface area (Å²) in [5, 5.41) is 26.5. The molecule has 26 heavy (non-hydrogen) atoms. The highest BCUT2D eigenvalue weighted by molar-refractivity contribution is 5.57. The third-order valence-corrected chi connectivity index (χ3v) is 7.58. The maximum Gasteiger partial charge on any atom is 0.161 e. The molecule has 1 spiro atoms. The van der Waals surface area contributed by atoms with Crippen molar-refractivity contribution in [2.24, 2.45) is 5.92 Å². The van der Waals surface area contributed by atoms with Crippen LogP contribution in [0, 0.1) is 5.92 Å². The third kappa shape index (κ3) is 2.65. The summed E-state index contributed by atoms with van der Waals surface area (Å²) >= 11 is 0. The molecular formula is C22H33NO3. The highest BCUT2D eigenvalue weighted by Crippen LogP contribution is 2.56. The molecule has 144 valence electrons. The lowest BCUT2D eigenvalue weighted by Gasteiger charge is -2.56. The standard InChI is InChI=1S/C22H33NO3/c1-21(25)18(23-14-15-7-6-8-15)13-16-9-10-17(26-2)20(24)19(16)22(21)11-4-3-5-12-22/h9-10,15,18,23-25H,3-8,11-14H2,1-2H3. The fraction of sp³-hybridized carbons (Fsp3) is 0.727. The summed E-state index contributed by atoms with van der Waals surface area (Å²) in [5.41, 5.74) is 0.842. The summed E-state index contributed by atoms with van der Waals surface area (Å²) in [6.07, 6.45) is 9.97. The fourth-order valence-electron chi connectivity index (χ4n) is 5.68. The molecule has 0 saturated heterocycles. The Hall–Kier alpha value is -1.26. The van der Waals surface area contributed by atoms with Gasteiger partial charge in [-0.2, -0.15) is 0 Å². The second kappa shape index (κ2) is 6.72. The monoisotopic (exact) mass is 359 g/mol. The van der Waals surface area contributed by atoms with Crippen molar-refractivity contribution in [3.63, 3.8) is 0 Å². The Morgan fingerprint density at radius 1 is 1.15 bits per heavy atom. The van der Waals surface area contributed by atoms with E-state index in [0.29, 0.717) is 5.75 Å². The molecule has 4 nitrogen and oxygen atoms in total. The van der Waals surface area contributed by atoms with Crippen LogP contribution in [0.15, 0.2) is 12.1 Å². The number of methoxy groups -OCH3 is 1. The van der Waals surface area contributed by atoms with Crippen molar-refractivity contribution in [2.75, 3.05) is 13.7 Å². The Morgan fingerprint density at radius 2 is 1.88 bits per heavy atom. The Bertz CT molecular complexity index is 660. The van der Waals surface area contributed by atoms with Crippen LogP contribution in [-0.4, -0.2) is 35.5 Å². The first-order valence-corrected chi connectivity index (χ1v) is 10.3. The van der Waals surface area contributed by atoms with E-state index in [2.05, 4.69) is 11.4 Å². The predicted molar refractivity (Wildman–Crippen MR) is 103 cm³/mol. The molecule has 3 N–H and O–H groups in total. The highest BCUT2D eigenvalue weighted by Gasteiger charge is 2.57. The molecule has 3 aliphatic carbocycles. The van der Waals surface area contributed by atoms with Gasteiger partial charge in [0.15, 0.2) is 11.5 Å².